The Balaban J connectivity index is 2.91. The zero-order valence-electron chi connectivity index (χ0n) is 8.95. The van der Waals surface area contributed by atoms with Crippen LogP contribution < -0.4 is 5.73 Å². The Morgan fingerprint density at radius 3 is 2.53 bits per heavy atom. The van der Waals surface area contributed by atoms with Crippen molar-refractivity contribution in [1.82, 2.24) is 20.2 Å². The quantitative estimate of drug-likeness (QED) is 0.737. The normalized spacial score (nSPS) is 16.3. The third-order valence-corrected chi connectivity index (χ3v) is 2.97. The van der Waals surface area contributed by atoms with Gasteiger partial charge >= 0.3 is 0 Å². The molecule has 0 radical (unpaired) electrons. The molecule has 0 aliphatic carbocycles. The molecule has 2 atom stereocenters. The van der Waals surface area contributed by atoms with Crippen molar-refractivity contribution in [3.8, 4) is 0 Å². The zero-order valence-corrected chi connectivity index (χ0v) is 9.77. The highest BCUT2D eigenvalue weighted by atomic mass is 32.2. The van der Waals surface area contributed by atoms with Gasteiger partial charge in [-0.05, 0) is 24.3 Å². The van der Waals surface area contributed by atoms with E-state index in [0.717, 1.165) is 0 Å². The zero-order chi connectivity index (χ0) is 11.6. The van der Waals surface area contributed by atoms with Gasteiger partial charge in [0.25, 0.3) is 0 Å². The minimum Gasteiger partial charge on any atom is -0.322 e. The van der Waals surface area contributed by atoms with E-state index in [1.807, 2.05) is 0 Å². The number of hydrogen-bond acceptors (Lipinski definition) is 6. The summed E-state index contributed by atoms with van der Waals surface area (Å²) in [5.74, 6) is 0.490. The summed E-state index contributed by atoms with van der Waals surface area (Å²) in [6.45, 7) is 3.48. The first-order chi connectivity index (χ1) is 6.81. The lowest BCUT2D eigenvalue weighted by Crippen LogP contribution is -2.22. The molecule has 0 aromatic carbocycles. The molecule has 1 heterocycles. The molecule has 0 saturated heterocycles. The van der Waals surface area contributed by atoms with Gasteiger partial charge in [0.2, 0.25) is 0 Å². The summed E-state index contributed by atoms with van der Waals surface area (Å²) in [6.07, 6.45) is 1.18. The fraction of sp³-hybridized carbons (Fsp3) is 0.857. The van der Waals surface area contributed by atoms with E-state index in [1.165, 1.54) is 10.9 Å². The average Bonchev–Trinajstić information content (AvgIpc) is 2.47. The number of nitrogens with two attached hydrogens (primary N) is 1. The predicted molar refractivity (Wildman–Crippen MR) is 54.8 cm³/mol. The van der Waals surface area contributed by atoms with Crippen LogP contribution in [0.4, 0.5) is 0 Å². The Hall–Kier alpha value is -1.02. The minimum atomic E-state index is -3.05. The maximum absolute atomic E-state index is 11.1. The van der Waals surface area contributed by atoms with E-state index in [9.17, 15) is 8.42 Å². The largest absolute Gasteiger partial charge is 0.322 e. The number of aromatic nitrogens is 4. The first-order valence-electron chi connectivity index (χ1n) is 4.52. The number of nitrogens with zero attached hydrogens (tertiary/aromatic N) is 4. The molecule has 8 heteroatoms. The van der Waals surface area contributed by atoms with Gasteiger partial charge in [0.15, 0.2) is 5.82 Å². The van der Waals surface area contributed by atoms with Crippen molar-refractivity contribution in [1.29, 1.82) is 0 Å². The van der Waals surface area contributed by atoms with E-state index in [2.05, 4.69) is 15.5 Å². The van der Waals surface area contributed by atoms with Gasteiger partial charge in [-0.3, -0.25) is 0 Å². The topological polar surface area (TPSA) is 104 Å². The molecule has 7 nitrogen and oxygen atoms in total. The Morgan fingerprint density at radius 2 is 2.07 bits per heavy atom. The second kappa shape index (κ2) is 4.23. The summed E-state index contributed by atoms with van der Waals surface area (Å²) < 4.78 is 23.7. The van der Waals surface area contributed by atoms with Crippen molar-refractivity contribution in [2.45, 2.75) is 25.9 Å². The number of rotatable bonds is 4. The number of hydrogen-bond donors (Lipinski definition) is 1. The summed E-state index contributed by atoms with van der Waals surface area (Å²) in [6, 6.07) is -0.627. The predicted octanol–water partition coefficient (Wildman–Crippen LogP) is -0.702. The van der Waals surface area contributed by atoms with Crippen LogP contribution in [0, 0.1) is 0 Å². The molecule has 0 bridgehead atoms. The third-order valence-electron chi connectivity index (χ3n) is 1.89. The SMILES string of the molecule is CC(N)c1nnnn1C(C)CS(C)(=O)=O. The van der Waals surface area contributed by atoms with Crippen molar-refractivity contribution in [3.63, 3.8) is 0 Å². The van der Waals surface area contributed by atoms with Crippen LogP contribution in [0.1, 0.15) is 31.8 Å². The molecular weight excluding hydrogens is 218 g/mol. The Kier molecular flexibility index (Phi) is 3.40. The number of tetrazole rings is 1. The first kappa shape index (κ1) is 12.1. The van der Waals surface area contributed by atoms with E-state index in [1.54, 1.807) is 13.8 Å². The molecule has 0 aliphatic heterocycles. The molecule has 2 N–H and O–H groups in total. The van der Waals surface area contributed by atoms with Crippen molar-refractivity contribution in [2.24, 2.45) is 5.73 Å². The Morgan fingerprint density at radius 1 is 1.47 bits per heavy atom. The van der Waals surface area contributed by atoms with Crippen molar-refractivity contribution in [3.05, 3.63) is 5.82 Å². The van der Waals surface area contributed by atoms with Gasteiger partial charge in [-0.2, -0.15) is 0 Å². The van der Waals surface area contributed by atoms with Gasteiger partial charge in [0.05, 0.1) is 17.8 Å². The lowest BCUT2D eigenvalue weighted by molar-refractivity contribution is 0.475. The first-order valence-corrected chi connectivity index (χ1v) is 6.58. The third kappa shape index (κ3) is 3.24. The molecule has 0 aliphatic rings. The van der Waals surface area contributed by atoms with E-state index in [-0.39, 0.29) is 17.8 Å². The summed E-state index contributed by atoms with van der Waals surface area (Å²) in [4.78, 5) is 0. The second-order valence-electron chi connectivity index (χ2n) is 3.71. The molecule has 1 aromatic heterocycles. The molecule has 0 fully saturated rings. The molecule has 1 aromatic rings. The van der Waals surface area contributed by atoms with E-state index >= 15 is 0 Å². The van der Waals surface area contributed by atoms with Crippen LogP contribution in [0.25, 0.3) is 0 Å². The molecule has 0 spiro atoms. The van der Waals surface area contributed by atoms with E-state index < -0.39 is 9.84 Å². The molecular formula is C7H15N5O2S. The van der Waals surface area contributed by atoms with Gasteiger partial charge in [-0.1, -0.05) is 0 Å². The van der Waals surface area contributed by atoms with Crippen molar-refractivity contribution in [2.75, 3.05) is 12.0 Å². The van der Waals surface area contributed by atoms with Crippen LogP contribution in [0.5, 0.6) is 0 Å². The Bertz CT molecular complexity index is 424. The molecule has 86 valence electrons. The van der Waals surface area contributed by atoms with Crippen LogP contribution in [-0.4, -0.2) is 40.6 Å². The van der Waals surface area contributed by atoms with E-state index in [0.29, 0.717) is 5.82 Å². The monoisotopic (exact) mass is 233 g/mol. The Labute approximate surface area is 88.6 Å². The summed E-state index contributed by atoms with van der Waals surface area (Å²) >= 11 is 0. The minimum absolute atomic E-state index is 0.00222. The fourth-order valence-corrected chi connectivity index (χ4v) is 2.34. The van der Waals surface area contributed by atoms with Gasteiger partial charge in [0, 0.05) is 6.26 Å². The van der Waals surface area contributed by atoms with Crippen LogP contribution in [0.3, 0.4) is 0 Å². The lowest BCUT2D eigenvalue weighted by atomic mass is 10.3. The summed E-state index contributed by atoms with van der Waals surface area (Å²) in [5.41, 5.74) is 5.65. The lowest BCUT2D eigenvalue weighted by Gasteiger charge is -2.13. The molecule has 0 saturated carbocycles. The highest BCUT2D eigenvalue weighted by molar-refractivity contribution is 7.90. The van der Waals surface area contributed by atoms with Crippen molar-refractivity contribution >= 4 is 9.84 Å². The average molecular weight is 233 g/mol. The number of sulfone groups is 1. The molecule has 15 heavy (non-hydrogen) atoms. The maximum atomic E-state index is 11.1. The van der Waals surface area contributed by atoms with Gasteiger partial charge in [-0.15, -0.1) is 5.10 Å². The van der Waals surface area contributed by atoms with Crippen molar-refractivity contribution < 1.29 is 8.42 Å². The molecule has 1 rings (SSSR count). The molecule has 0 amide bonds. The molecule has 2 unspecified atom stereocenters. The summed E-state index contributed by atoms with van der Waals surface area (Å²) in [5, 5.41) is 11.0. The maximum Gasteiger partial charge on any atom is 0.168 e. The fourth-order valence-electron chi connectivity index (χ4n) is 1.32. The van der Waals surface area contributed by atoms with Crippen LogP contribution in [0.2, 0.25) is 0 Å². The van der Waals surface area contributed by atoms with Crippen LogP contribution in [0.15, 0.2) is 0 Å². The van der Waals surface area contributed by atoms with Crippen LogP contribution in [-0.2, 0) is 9.84 Å². The van der Waals surface area contributed by atoms with Gasteiger partial charge < -0.3 is 5.73 Å². The van der Waals surface area contributed by atoms with Gasteiger partial charge in [0.1, 0.15) is 9.84 Å². The summed E-state index contributed by atoms with van der Waals surface area (Å²) in [7, 11) is -3.05. The standard InChI is InChI=1S/C7H15N5O2S/c1-5(4-15(3,13)14)12-7(6(2)8)9-10-11-12/h5-6H,4,8H2,1-3H3. The highest BCUT2D eigenvalue weighted by Gasteiger charge is 2.19. The highest BCUT2D eigenvalue weighted by Crippen LogP contribution is 2.12. The van der Waals surface area contributed by atoms with Crippen LogP contribution >= 0.6 is 0 Å². The second-order valence-corrected chi connectivity index (χ2v) is 5.90. The smallest absolute Gasteiger partial charge is 0.168 e. The van der Waals surface area contributed by atoms with E-state index in [4.69, 9.17) is 5.73 Å². The van der Waals surface area contributed by atoms with Gasteiger partial charge in [-0.25, -0.2) is 13.1 Å².